The van der Waals surface area contributed by atoms with Gasteiger partial charge in [-0.2, -0.15) is 0 Å². The Balaban J connectivity index is 2.29. The Labute approximate surface area is 125 Å². The zero-order chi connectivity index (χ0) is 15.6. The number of hydrogen-bond acceptors (Lipinski definition) is 5. The maximum Gasteiger partial charge on any atom is 0.146 e. The van der Waals surface area contributed by atoms with Gasteiger partial charge in [-0.25, -0.2) is 9.97 Å². The summed E-state index contributed by atoms with van der Waals surface area (Å²) in [7, 11) is 3.82. The largest absolute Gasteiger partial charge is 0.383 e. The quantitative estimate of drug-likeness (QED) is 0.874. The van der Waals surface area contributed by atoms with E-state index in [9.17, 15) is 0 Å². The van der Waals surface area contributed by atoms with Crippen molar-refractivity contribution >= 4 is 16.9 Å². The molecule has 0 aromatic carbocycles. The van der Waals surface area contributed by atoms with E-state index in [2.05, 4.69) is 40.3 Å². The topological polar surface area (TPSA) is 69.2 Å². The summed E-state index contributed by atoms with van der Waals surface area (Å²) < 4.78 is 7.34. The van der Waals surface area contributed by atoms with Crippen LogP contribution in [-0.4, -0.2) is 53.3 Å². The highest BCUT2D eigenvalue weighted by molar-refractivity contribution is 5.91. The highest BCUT2D eigenvalue weighted by Gasteiger charge is 2.16. The van der Waals surface area contributed by atoms with E-state index < -0.39 is 0 Å². The van der Waals surface area contributed by atoms with E-state index >= 15 is 0 Å². The van der Waals surface area contributed by atoms with Crippen LogP contribution >= 0.6 is 0 Å². The van der Waals surface area contributed by atoms with Gasteiger partial charge in [0.05, 0.1) is 12.0 Å². The Morgan fingerprint density at radius 1 is 1.19 bits per heavy atom. The van der Waals surface area contributed by atoms with Gasteiger partial charge in [0, 0.05) is 32.4 Å². The molecule has 0 radical (unpaired) electrons. The summed E-state index contributed by atoms with van der Waals surface area (Å²) in [5.74, 6) is 1.29. The average molecular weight is 291 g/mol. The summed E-state index contributed by atoms with van der Waals surface area (Å²) in [5, 5.41) is 0.984. The minimum atomic E-state index is 0.574. The molecule has 0 bridgehead atoms. The summed E-state index contributed by atoms with van der Waals surface area (Å²) in [6.07, 6.45) is 0. The van der Waals surface area contributed by atoms with Gasteiger partial charge >= 0.3 is 0 Å². The summed E-state index contributed by atoms with van der Waals surface area (Å²) in [6.45, 7) is 9.56. The molecule has 2 heterocycles. The number of likely N-dealkylation sites (N-methyl/N-ethyl adjacent to an activating group) is 1. The fourth-order valence-corrected chi connectivity index (χ4v) is 2.58. The number of methoxy groups -OCH3 is 1. The molecule has 0 atom stereocenters. The molecule has 0 spiro atoms. The molecule has 0 saturated heterocycles. The number of rotatable bonds is 6. The van der Waals surface area contributed by atoms with Crippen molar-refractivity contribution in [2.45, 2.75) is 27.3 Å². The number of nitrogens with zero attached hydrogens (tertiary/aromatic N) is 4. The van der Waals surface area contributed by atoms with Crippen molar-refractivity contribution < 1.29 is 4.74 Å². The fraction of sp³-hybridized carbons (Fsp3) is 0.600. The van der Waals surface area contributed by atoms with Crippen LogP contribution in [0.15, 0.2) is 0 Å². The number of ether oxygens (including phenoxy) is 1. The number of fused-ring (bicyclic) bond motifs is 1. The lowest BCUT2D eigenvalue weighted by molar-refractivity contribution is 0.159. The number of aryl methyl sites for hydroxylation is 2. The average Bonchev–Trinajstić information content (AvgIpc) is 2.66. The van der Waals surface area contributed by atoms with Crippen molar-refractivity contribution in [2.24, 2.45) is 0 Å². The Morgan fingerprint density at radius 3 is 2.57 bits per heavy atom. The van der Waals surface area contributed by atoms with Gasteiger partial charge in [-0.15, -0.1) is 0 Å². The molecule has 0 unspecified atom stereocenters. The molecule has 0 fully saturated rings. The summed E-state index contributed by atoms with van der Waals surface area (Å²) in [5.41, 5.74) is 9.38. The highest BCUT2D eigenvalue weighted by atomic mass is 16.5. The van der Waals surface area contributed by atoms with Crippen LogP contribution in [0.2, 0.25) is 0 Å². The van der Waals surface area contributed by atoms with Crippen LogP contribution in [0.5, 0.6) is 0 Å². The molecule has 21 heavy (non-hydrogen) atoms. The molecule has 2 aromatic heterocycles. The lowest BCUT2D eigenvalue weighted by Gasteiger charge is -2.17. The predicted molar refractivity (Wildman–Crippen MR) is 85.5 cm³/mol. The molecule has 0 aliphatic heterocycles. The van der Waals surface area contributed by atoms with Gasteiger partial charge in [-0.1, -0.05) is 0 Å². The summed E-state index contributed by atoms with van der Waals surface area (Å²) in [6, 6.07) is 0. The summed E-state index contributed by atoms with van der Waals surface area (Å²) >= 11 is 0. The van der Waals surface area contributed by atoms with Crippen molar-refractivity contribution in [1.82, 2.24) is 19.4 Å². The number of hydrogen-bond donors (Lipinski definition) is 1. The van der Waals surface area contributed by atoms with E-state index in [4.69, 9.17) is 10.5 Å². The van der Waals surface area contributed by atoms with Gasteiger partial charge in [-0.3, -0.25) is 0 Å². The van der Waals surface area contributed by atoms with Crippen LogP contribution in [0.3, 0.4) is 0 Å². The molecule has 2 aromatic rings. The van der Waals surface area contributed by atoms with E-state index in [1.54, 1.807) is 7.11 Å². The smallest absolute Gasteiger partial charge is 0.146 e. The second kappa shape index (κ2) is 6.41. The monoisotopic (exact) mass is 291 g/mol. The van der Waals surface area contributed by atoms with E-state index in [1.807, 2.05) is 6.92 Å². The third kappa shape index (κ3) is 3.16. The van der Waals surface area contributed by atoms with Gasteiger partial charge in [0.25, 0.3) is 0 Å². The lowest BCUT2D eigenvalue weighted by Crippen LogP contribution is -2.27. The van der Waals surface area contributed by atoms with Crippen LogP contribution in [-0.2, 0) is 11.3 Å². The predicted octanol–water partition coefficient (Wildman–Crippen LogP) is 1.52. The van der Waals surface area contributed by atoms with Crippen molar-refractivity contribution in [1.29, 1.82) is 0 Å². The van der Waals surface area contributed by atoms with Crippen molar-refractivity contribution in [3.8, 4) is 0 Å². The van der Waals surface area contributed by atoms with Crippen molar-refractivity contribution in [3.05, 3.63) is 17.1 Å². The van der Waals surface area contributed by atoms with E-state index in [1.165, 1.54) is 11.3 Å². The van der Waals surface area contributed by atoms with Crippen LogP contribution in [0.4, 0.5) is 5.82 Å². The van der Waals surface area contributed by atoms with Gasteiger partial charge in [0.2, 0.25) is 0 Å². The van der Waals surface area contributed by atoms with Gasteiger partial charge in [-0.05, 0) is 33.4 Å². The van der Waals surface area contributed by atoms with Crippen molar-refractivity contribution in [2.75, 3.05) is 39.6 Å². The first kappa shape index (κ1) is 15.7. The zero-order valence-electron chi connectivity index (χ0n) is 13.6. The normalized spacial score (nSPS) is 11.7. The van der Waals surface area contributed by atoms with Crippen LogP contribution in [0.1, 0.15) is 17.1 Å². The Hall–Kier alpha value is -1.66. The summed E-state index contributed by atoms with van der Waals surface area (Å²) in [4.78, 5) is 11.1. The first-order valence-corrected chi connectivity index (χ1v) is 7.22. The third-order valence-corrected chi connectivity index (χ3v) is 3.99. The Bertz CT molecular complexity index is 635. The molecule has 2 rings (SSSR count). The van der Waals surface area contributed by atoms with Gasteiger partial charge in [0.1, 0.15) is 17.3 Å². The molecular formula is C15H25N5O. The van der Waals surface area contributed by atoms with Gasteiger partial charge in [0.15, 0.2) is 0 Å². The highest BCUT2D eigenvalue weighted by Crippen LogP contribution is 2.27. The number of nitrogen functional groups attached to an aromatic ring is 1. The SMILES string of the molecule is COCCN(C)CCn1c(C)c(C)c2c(N)nc(C)nc21. The molecule has 6 heteroatoms. The fourth-order valence-electron chi connectivity index (χ4n) is 2.58. The van der Waals surface area contributed by atoms with Crippen LogP contribution < -0.4 is 5.73 Å². The molecule has 2 N–H and O–H groups in total. The van der Waals surface area contributed by atoms with E-state index in [0.717, 1.165) is 37.3 Å². The zero-order valence-corrected chi connectivity index (χ0v) is 13.6. The Kier molecular flexibility index (Phi) is 4.80. The number of aromatic nitrogens is 3. The van der Waals surface area contributed by atoms with Gasteiger partial charge < -0.3 is 19.9 Å². The minimum absolute atomic E-state index is 0.574. The van der Waals surface area contributed by atoms with Crippen molar-refractivity contribution in [3.63, 3.8) is 0 Å². The second-order valence-electron chi connectivity index (χ2n) is 5.51. The molecule has 0 aliphatic rings. The van der Waals surface area contributed by atoms with E-state index in [-0.39, 0.29) is 0 Å². The molecular weight excluding hydrogens is 266 g/mol. The number of anilines is 1. The molecule has 0 amide bonds. The van der Waals surface area contributed by atoms with E-state index in [0.29, 0.717) is 11.6 Å². The second-order valence-corrected chi connectivity index (χ2v) is 5.51. The molecule has 0 saturated carbocycles. The molecule has 0 aliphatic carbocycles. The Morgan fingerprint density at radius 2 is 1.90 bits per heavy atom. The third-order valence-electron chi connectivity index (χ3n) is 3.99. The minimum Gasteiger partial charge on any atom is -0.383 e. The number of nitrogens with two attached hydrogens (primary N) is 1. The molecule has 6 nitrogen and oxygen atoms in total. The standard InChI is InChI=1S/C15H25N5O/c1-10-11(2)20(7-6-19(4)8-9-21-5)15-13(10)14(16)17-12(3)18-15/h6-9H2,1-5H3,(H2,16,17,18). The lowest BCUT2D eigenvalue weighted by atomic mass is 10.2. The molecule has 116 valence electrons. The van der Waals surface area contributed by atoms with Crippen LogP contribution in [0, 0.1) is 20.8 Å². The maximum atomic E-state index is 6.07. The van der Waals surface area contributed by atoms with Crippen LogP contribution in [0.25, 0.3) is 11.0 Å². The first-order valence-electron chi connectivity index (χ1n) is 7.22. The first-order chi connectivity index (χ1) is 9.95. The maximum absolute atomic E-state index is 6.07.